The fourth-order valence-electron chi connectivity index (χ4n) is 2.07. The Morgan fingerprint density at radius 2 is 1.60 bits per heavy atom. The standard InChI is InChI=1S/C12H9B4F3O5S/c13-2-5-7(15)1-8(16)6(3-14)10(5)11(20)24-9(12(17,18)19)4-25(21,22)23/h1,9H,2-4H2,(H,21,22,23). The normalized spacial score (nSPS) is 13.4. The molecule has 0 heterocycles. The van der Waals surface area contributed by atoms with E-state index in [1.165, 1.54) is 6.07 Å². The van der Waals surface area contributed by atoms with Gasteiger partial charge in [-0.1, -0.05) is 29.6 Å². The van der Waals surface area contributed by atoms with Gasteiger partial charge in [-0.15, -0.1) is 0 Å². The molecule has 1 rings (SSSR count). The van der Waals surface area contributed by atoms with E-state index in [1.54, 1.807) is 0 Å². The molecule has 1 atom stereocenters. The van der Waals surface area contributed by atoms with Crippen LogP contribution in [0.1, 0.15) is 21.5 Å². The first-order valence-corrected chi connectivity index (χ1v) is 8.25. The monoisotopic (exact) mass is 366 g/mol. The summed E-state index contributed by atoms with van der Waals surface area (Å²) < 4.78 is 73.1. The Bertz CT molecular complexity index is 739. The third-order valence-corrected chi connectivity index (χ3v) is 3.92. The van der Waals surface area contributed by atoms with E-state index in [2.05, 4.69) is 4.74 Å². The van der Waals surface area contributed by atoms with Gasteiger partial charge in [0.15, 0.2) is 0 Å². The van der Waals surface area contributed by atoms with Crippen molar-refractivity contribution in [2.75, 3.05) is 5.75 Å². The lowest BCUT2D eigenvalue weighted by atomic mass is 9.72. The van der Waals surface area contributed by atoms with E-state index in [9.17, 15) is 26.4 Å². The number of hydrogen-bond acceptors (Lipinski definition) is 4. The van der Waals surface area contributed by atoms with E-state index in [0.29, 0.717) is 0 Å². The zero-order valence-electron chi connectivity index (χ0n) is 12.7. The van der Waals surface area contributed by atoms with Gasteiger partial charge in [0.25, 0.3) is 10.1 Å². The Morgan fingerprint density at radius 3 is 1.92 bits per heavy atom. The molecular formula is C12H9B4F3O5S. The van der Waals surface area contributed by atoms with Crippen LogP contribution in [0, 0.1) is 0 Å². The highest BCUT2D eigenvalue weighted by atomic mass is 32.2. The molecule has 0 saturated carbocycles. The quantitative estimate of drug-likeness (QED) is 0.380. The summed E-state index contributed by atoms with van der Waals surface area (Å²) in [6, 6.07) is 1.24. The Balaban J connectivity index is 3.39. The molecule has 0 aliphatic rings. The topological polar surface area (TPSA) is 80.7 Å². The Hall–Kier alpha value is -1.35. The summed E-state index contributed by atoms with van der Waals surface area (Å²) in [7, 11) is 17.1. The van der Waals surface area contributed by atoms with E-state index in [0.717, 1.165) is 0 Å². The van der Waals surface area contributed by atoms with E-state index in [-0.39, 0.29) is 34.7 Å². The second-order valence-electron chi connectivity index (χ2n) is 4.98. The van der Waals surface area contributed by atoms with Gasteiger partial charge in [0.2, 0.25) is 6.10 Å². The van der Waals surface area contributed by atoms with Crippen molar-refractivity contribution in [2.24, 2.45) is 0 Å². The van der Waals surface area contributed by atoms with Crippen LogP contribution in [0.3, 0.4) is 0 Å². The average molecular weight is 366 g/mol. The van der Waals surface area contributed by atoms with Crippen LogP contribution in [-0.4, -0.2) is 68.4 Å². The number of halogens is 3. The van der Waals surface area contributed by atoms with Crippen molar-refractivity contribution >= 4 is 58.4 Å². The number of esters is 1. The highest BCUT2D eigenvalue weighted by Crippen LogP contribution is 2.26. The first-order valence-electron chi connectivity index (χ1n) is 6.64. The second-order valence-corrected chi connectivity index (χ2v) is 6.48. The van der Waals surface area contributed by atoms with Crippen molar-refractivity contribution in [3.05, 3.63) is 22.8 Å². The molecule has 25 heavy (non-hydrogen) atoms. The van der Waals surface area contributed by atoms with Gasteiger partial charge < -0.3 is 4.74 Å². The van der Waals surface area contributed by atoms with Crippen LogP contribution in [0.25, 0.3) is 0 Å². The van der Waals surface area contributed by atoms with Crippen LogP contribution in [0.15, 0.2) is 6.07 Å². The lowest BCUT2D eigenvalue weighted by Crippen LogP contribution is -2.40. The summed E-state index contributed by atoms with van der Waals surface area (Å²) in [5, 5.41) is 0. The van der Waals surface area contributed by atoms with Crippen LogP contribution < -0.4 is 10.9 Å². The molecular weight excluding hydrogens is 356 g/mol. The molecule has 1 aromatic rings. The Kier molecular flexibility index (Phi) is 6.86. The zero-order chi connectivity index (χ0) is 19.6. The van der Waals surface area contributed by atoms with E-state index < -0.39 is 39.7 Å². The van der Waals surface area contributed by atoms with Crippen molar-refractivity contribution in [3.63, 3.8) is 0 Å². The van der Waals surface area contributed by atoms with Crippen molar-refractivity contribution in [2.45, 2.75) is 24.9 Å². The minimum atomic E-state index is -5.25. The van der Waals surface area contributed by atoms with Crippen LogP contribution >= 0.6 is 0 Å². The van der Waals surface area contributed by atoms with E-state index in [4.69, 9.17) is 35.9 Å². The molecule has 13 heteroatoms. The molecule has 0 aliphatic carbocycles. The Labute approximate surface area is 148 Å². The molecule has 8 radical (unpaired) electrons. The summed E-state index contributed by atoms with van der Waals surface area (Å²) in [5.74, 6) is -3.43. The van der Waals surface area contributed by atoms with Crippen molar-refractivity contribution < 1.29 is 35.7 Å². The predicted octanol–water partition coefficient (Wildman–Crippen LogP) is -1.41. The summed E-state index contributed by atoms with van der Waals surface area (Å²) in [4.78, 5) is 12.2. The molecule has 126 valence electrons. The fraction of sp³-hybridized carbons (Fsp3) is 0.417. The smallest absolute Gasteiger partial charge is 0.426 e. The summed E-state index contributed by atoms with van der Waals surface area (Å²) in [6.07, 6.45) is -9.02. The van der Waals surface area contributed by atoms with Gasteiger partial charge in [0.05, 0.1) is 21.3 Å². The largest absolute Gasteiger partial charge is 0.448 e. The highest BCUT2D eigenvalue weighted by molar-refractivity contribution is 7.85. The number of benzene rings is 1. The average Bonchev–Trinajstić information content (AvgIpc) is 2.43. The van der Waals surface area contributed by atoms with Gasteiger partial charge in [-0.2, -0.15) is 21.6 Å². The minimum Gasteiger partial charge on any atom is -0.448 e. The molecule has 1 N–H and O–H groups in total. The maximum Gasteiger partial charge on any atom is 0.426 e. The molecule has 0 aromatic heterocycles. The van der Waals surface area contributed by atoms with Crippen molar-refractivity contribution in [1.82, 2.24) is 0 Å². The molecule has 0 bridgehead atoms. The molecule has 0 aliphatic heterocycles. The number of rotatable bonds is 6. The highest BCUT2D eigenvalue weighted by Gasteiger charge is 2.46. The number of ether oxygens (including phenoxy) is 1. The van der Waals surface area contributed by atoms with Gasteiger partial charge in [-0.05, 0) is 11.1 Å². The number of hydrogen-bond donors (Lipinski definition) is 1. The number of carbonyl (C=O) groups is 1. The van der Waals surface area contributed by atoms with E-state index >= 15 is 0 Å². The molecule has 1 aromatic carbocycles. The third kappa shape index (κ3) is 5.57. The fourth-order valence-corrected chi connectivity index (χ4v) is 2.71. The van der Waals surface area contributed by atoms with Gasteiger partial charge >= 0.3 is 12.1 Å². The van der Waals surface area contributed by atoms with Crippen LogP contribution in [0.4, 0.5) is 13.2 Å². The zero-order valence-corrected chi connectivity index (χ0v) is 13.5. The third-order valence-electron chi connectivity index (χ3n) is 3.20. The van der Waals surface area contributed by atoms with Crippen LogP contribution in [0.2, 0.25) is 0 Å². The maximum absolute atomic E-state index is 12.9. The maximum atomic E-state index is 12.9. The van der Waals surface area contributed by atoms with Gasteiger partial charge in [-0.3, -0.25) is 4.55 Å². The lowest BCUT2D eigenvalue weighted by Gasteiger charge is -2.23. The first kappa shape index (κ1) is 21.7. The second kappa shape index (κ2) is 7.90. The van der Waals surface area contributed by atoms with Crippen molar-refractivity contribution in [1.29, 1.82) is 0 Å². The summed E-state index contributed by atoms with van der Waals surface area (Å²) in [5.41, 5.74) is -0.697. The first-order chi connectivity index (χ1) is 11.3. The minimum absolute atomic E-state index is 0.0487. The SMILES string of the molecule is [B]Cc1c([B])cc([B])c(C[B])c1C(=O)OC(CS(=O)(=O)O)C(F)(F)F. The molecule has 1 unspecified atom stereocenters. The predicted molar refractivity (Wildman–Crippen MR) is 87.8 cm³/mol. The summed E-state index contributed by atoms with van der Waals surface area (Å²) in [6.45, 7) is 0. The summed E-state index contributed by atoms with van der Waals surface area (Å²) >= 11 is 0. The van der Waals surface area contributed by atoms with E-state index in [1.807, 2.05) is 0 Å². The molecule has 0 amide bonds. The molecule has 0 saturated heterocycles. The van der Waals surface area contributed by atoms with Crippen molar-refractivity contribution in [3.8, 4) is 0 Å². The van der Waals surface area contributed by atoms with Gasteiger partial charge in [-0.25, -0.2) is 4.79 Å². The molecule has 5 nitrogen and oxygen atoms in total. The van der Waals surface area contributed by atoms with Gasteiger partial charge in [0.1, 0.15) is 21.4 Å². The molecule has 0 spiro atoms. The lowest BCUT2D eigenvalue weighted by molar-refractivity contribution is -0.197. The van der Waals surface area contributed by atoms with Gasteiger partial charge in [0, 0.05) is 0 Å². The number of alkyl halides is 3. The van der Waals surface area contributed by atoms with Crippen LogP contribution in [-0.2, 0) is 27.5 Å². The Morgan fingerprint density at radius 1 is 1.16 bits per heavy atom. The van der Waals surface area contributed by atoms with Crippen LogP contribution in [0.5, 0.6) is 0 Å². The molecule has 0 fully saturated rings. The number of carbonyl (C=O) groups excluding carboxylic acids is 1.